The summed E-state index contributed by atoms with van der Waals surface area (Å²) in [7, 11) is 0. The van der Waals surface area contributed by atoms with Crippen molar-refractivity contribution in [1.82, 2.24) is 15.2 Å². The summed E-state index contributed by atoms with van der Waals surface area (Å²) < 4.78 is 0. The fourth-order valence-corrected chi connectivity index (χ4v) is 2.32. The fourth-order valence-electron chi connectivity index (χ4n) is 2.32. The lowest BCUT2D eigenvalue weighted by Gasteiger charge is -2.09. The molecule has 0 spiro atoms. The number of carbonyl (C=O) groups is 1. The van der Waals surface area contributed by atoms with Crippen molar-refractivity contribution < 1.29 is 15.2 Å². The van der Waals surface area contributed by atoms with E-state index < -0.39 is 10.8 Å². The van der Waals surface area contributed by atoms with Crippen LogP contribution in [-0.4, -0.2) is 31.5 Å². The Morgan fingerprint density at radius 3 is 2.67 bits per heavy atom. The molecule has 3 aromatic rings. The molecule has 2 aromatic heterocycles. The quantitative estimate of drug-likeness (QED) is 0.362. The molecule has 0 saturated carbocycles. The minimum atomic E-state index is -0.596. The van der Waals surface area contributed by atoms with Gasteiger partial charge in [-0.2, -0.15) is 5.10 Å². The number of hydrogen-bond donors (Lipinski definition) is 3. The average molecular weight is 506 g/mol. The van der Waals surface area contributed by atoms with Crippen LogP contribution in [0, 0.1) is 10.1 Å². The van der Waals surface area contributed by atoms with Crippen LogP contribution in [0.15, 0.2) is 36.7 Å². The Kier molecular flexibility index (Phi) is 9.16. The highest BCUT2D eigenvalue weighted by molar-refractivity contribution is 8.93. The van der Waals surface area contributed by atoms with E-state index in [4.69, 9.17) is 5.73 Å². The normalized spacial score (nSPS) is 10.7. The summed E-state index contributed by atoms with van der Waals surface area (Å²) in [6.07, 6.45) is 3.02. The van der Waals surface area contributed by atoms with Gasteiger partial charge in [-0.3, -0.25) is 20.0 Å². The molecule has 10 nitrogen and oxygen atoms in total. The minimum absolute atomic E-state index is 0. The van der Waals surface area contributed by atoms with E-state index in [9.17, 15) is 14.9 Å². The molecule has 2 heterocycles. The Hall–Kier alpha value is -2.41. The predicted molar refractivity (Wildman–Crippen MR) is 112 cm³/mol. The van der Waals surface area contributed by atoms with Crippen molar-refractivity contribution in [2.75, 3.05) is 5.32 Å². The molecule has 27 heavy (non-hydrogen) atoms. The minimum Gasteiger partial charge on any atom is -0.412 e. The van der Waals surface area contributed by atoms with Crippen molar-refractivity contribution in [2.24, 2.45) is 5.73 Å². The molecule has 1 unspecified atom stereocenters. The number of nitro groups is 1. The van der Waals surface area contributed by atoms with Crippen LogP contribution < -0.4 is 11.1 Å². The monoisotopic (exact) mass is 504 g/mol. The number of benzene rings is 1. The zero-order valence-electron chi connectivity index (χ0n) is 14.0. The topological polar surface area (TPSA) is 171 Å². The van der Waals surface area contributed by atoms with E-state index in [0.29, 0.717) is 22.3 Å². The van der Waals surface area contributed by atoms with E-state index in [0.717, 1.165) is 0 Å². The standard InChI is InChI=1S/C15H14N6O3.2BrH.H2O/c1-8(16)9-2-3-10(13(6-9)21(23)24)15(22)19-12-4-5-17-14-11(12)7-18-20-14;;;/h2-8H,16H2,1H3,(H2,17,18,19,20,22);2*1H;1H2. The Bertz CT molecular complexity index is 947. The number of H-pyrrole nitrogens is 1. The van der Waals surface area contributed by atoms with Crippen LogP contribution >= 0.6 is 34.0 Å². The molecule has 1 atom stereocenters. The summed E-state index contributed by atoms with van der Waals surface area (Å²) in [6, 6.07) is 5.55. The number of carbonyl (C=O) groups excluding carboxylic acids is 1. The Balaban J connectivity index is 0.00000225. The van der Waals surface area contributed by atoms with Crippen molar-refractivity contribution in [2.45, 2.75) is 13.0 Å². The molecule has 12 heteroatoms. The van der Waals surface area contributed by atoms with Gasteiger partial charge in [0.15, 0.2) is 5.65 Å². The molecule has 0 aliphatic heterocycles. The van der Waals surface area contributed by atoms with Crippen LogP contribution in [0.2, 0.25) is 0 Å². The van der Waals surface area contributed by atoms with Gasteiger partial charge in [-0.25, -0.2) is 4.98 Å². The third kappa shape index (κ3) is 5.07. The predicted octanol–water partition coefficient (Wildman–Crippen LogP) is 2.47. The third-order valence-electron chi connectivity index (χ3n) is 3.59. The summed E-state index contributed by atoms with van der Waals surface area (Å²) in [6.45, 7) is 1.71. The van der Waals surface area contributed by atoms with Crippen molar-refractivity contribution in [1.29, 1.82) is 0 Å². The highest BCUT2D eigenvalue weighted by Gasteiger charge is 2.22. The number of nitrogens with one attached hydrogen (secondary N) is 2. The summed E-state index contributed by atoms with van der Waals surface area (Å²) in [5.74, 6) is -0.591. The maximum Gasteiger partial charge on any atom is 0.282 e. The number of nitro benzene ring substituents is 1. The summed E-state index contributed by atoms with van der Waals surface area (Å²) in [5.41, 5.74) is 6.96. The van der Waals surface area contributed by atoms with Gasteiger partial charge < -0.3 is 16.5 Å². The number of nitrogens with two attached hydrogens (primary N) is 1. The second-order valence-corrected chi connectivity index (χ2v) is 5.27. The Morgan fingerprint density at radius 2 is 2.04 bits per heavy atom. The van der Waals surface area contributed by atoms with Crippen LogP contribution in [0.3, 0.4) is 0 Å². The van der Waals surface area contributed by atoms with Gasteiger partial charge in [-0.1, -0.05) is 6.07 Å². The smallest absolute Gasteiger partial charge is 0.282 e. The van der Waals surface area contributed by atoms with Gasteiger partial charge in [0.25, 0.3) is 11.6 Å². The van der Waals surface area contributed by atoms with Gasteiger partial charge >= 0.3 is 0 Å². The number of nitrogens with zero attached hydrogens (tertiary/aromatic N) is 3. The average Bonchev–Trinajstić information content (AvgIpc) is 3.03. The van der Waals surface area contributed by atoms with E-state index in [1.165, 1.54) is 24.5 Å². The zero-order chi connectivity index (χ0) is 17.3. The number of pyridine rings is 1. The van der Waals surface area contributed by atoms with Gasteiger partial charge in [-0.05, 0) is 24.6 Å². The molecule has 0 radical (unpaired) electrons. The van der Waals surface area contributed by atoms with Gasteiger partial charge in [0.2, 0.25) is 0 Å². The van der Waals surface area contributed by atoms with Gasteiger partial charge in [-0.15, -0.1) is 34.0 Å². The van der Waals surface area contributed by atoms with Gasteiger partial charge in [0.05, 0.1) is 22.2 Å². The van der Waals surface area contributed by atoms with Gasteiger partial charge in [0.1, 0.15) is 5.56 Å². The van der Waals surface area contributed by atoms with Crippen molar-refractivity contribution in [3.05, 3.63) is 57.9 Å². The molecule has 1 aromatic carbocycles. The van der Waals surface area contributed by atoms with E-state index in [1.807, 2.05) is 0 Å². The number of amides is 1. The van der Waals surface area contributed by atoms with Crippen LogP contribution in [0.5, 0.6) is 0 Å². The summed E-state index contributed by atoms with van der Waals surface area (Å²) in [5, 5.41) is 21.1. The molecule has 0 aliphatic rings. The first-order valence-corrected chi connectivity index (χ1v) is 7.10. The Labute approximate surface area is 174 Å². The molecular weight excluding hydrogens is 488 g/mol. The summed E-state index contributed by atoms with van der Waals surface area (Å²) >= 11 is 0. The number of hydrogen-bond acceptors (Lipinski definition) is 6. The highest BCUT2D eigenvalue weighted by atomic mass is 79.9. The number of fused-ring (bicyclic) bond motifs is 1. The molecular formula is C15H18Br2N6O4. The number of halogens is 2. The SMILES string of the molecule is Br.Br.CC(N)c1ccc(C(=O)Nc2ccnc3[nH]ncc23)c([N+](=O)[O-])c1.O. The van der Waals surface area contributed by atoms with E-state index in [-0.39, 0.29) is 56.7 Å². The van der Waals surface area contributed by atoms with E-state index in [2.05, 4.69) is 20.5 Å². The molecule has 0 saturated heterocycles. The van der Waals surface area contributed by atoms with E-state index >= 15 is 0 Å². The van der Waals surface area contributed by atoms with E-state index in [1.54, 1.807) is 19.1 Å². The number of aromatic amines is 1. The van der Waals surface area contributed by atoms with Gasteiger partial charge in [0, 0.05) is 18.3 Å². The molecule has 0 fully saturated rings. The maximum absolute atomic E-state index is 12.5. The third-order valence-corrected chi connectivity index (χ3v) is 3.59. The summed E-state index contributed by atoms with van der Waals surface area (Å²) in [4.78, 5) is 27.2. The Morgan fingerprint density at radius 1 is 1.33 bits per heavy atom. The fraction of sp³-hybridized carbons (Fsp3) is 0.133. The second kappa shape index (κ2) is 10.1. The zero-order valence-corrected chi connectivity index (χ0v) is 17.4. The van der Waals surface area contributed by atoms with Crippen LogP contribution in [0.25, 0.3) is 11.0 Å². The van der Waals surface area contributed by atoms with Crippen LogP contribution in [0.1, 0.15) is 28.9 Å². The molecule has 0 bridgehead atoms. The van der Waals surface area contributed by atoms with Crippen molar-refractivity contribution in [3.8, 4) is 0 Å². The van der Waals surface area contributed by atoms with Crippen molar-refractivity contribution >= 4 is 62.3 Å². The molecule has 3 rings (SSSR count). The second-order valence-electron chi connectivity index (χ2n) is 5.27. The first kappa shape index (κ1) is 24.6. The lowest BCUT2D eigenvalue weighted by molar-refractivity contribution is -0.385. The number of rotatable bonds is 4. The first-order valence-electron chi connectivity index (χ1n) is 7.10. The first-order chi connectivity index (χ1) is 11.5. The van der Waals surface area contributed by atoms with Crippen LogP contribution in [-0.2, 0) is 0 Å². The lowest BCUT2D eigenvalue weighted by Crippen LogP contribution is -2.15. The number of anilines is 1. The van der Waals surface area contributed by atoms with Crippen molar-refractivity contribution in [3.63, 3.8) is 0 Å². The molecule has 1 amide bonds. The largest absolute Gasteiger partial charge is 0.412 e. The molecule has 6 N–H and O–H groups in total. The lowest BCUT2D eigenvalue weighted by atomic mass is 10.0. The molecule has 146 valence electrons. The van der Waals surface area contributed by atoms with Crippen LogP contribution in [0.4, 0.5) is 11.4 Å². The molecule has 0 aliphatic carbocycles. The highest BCUT2D eigenvalue weighted by Crippen LogP contribution is 2.25. The number of aromatic nitrogens is 3. The maximum atomic E-state index is 12.5.